The highest BCUT2D eigenvalue weighted by molar-refractivity contribution is 9.10. The SMILES string of the molecule is COC(=O)c1cc(Br)cc2c1CCNC2. The van der Waals surface area contributed by atoms with Crippen LogP contribution in [0.2, 0.25) is 0 Å². The van der Waals surface area contributed by atoms with Crippen molar-refractivity contribution in [2.45, 2.75) is 13.0 Å². The van der Waals surface area contributed by atoms with Gasteiger partial charge in [0.15, 0.2) is 0 Å². The largest absolute Gasteiger partial charge is 0.465 e. The van der Waals surface area contributed by atoms with Crippen LogP contribution in [0.1, 0.15) is 21.5 Å². The molecule has 1 aliphatic rings. The zero-order chi connectivity index (χ0) is 10.8. The zero-order valence-electron chi connectivity index (χ0n) is 8.47. The van der Waals surface area contributed by atoms with Crippen molar-refractivity contribution in [3.8, 4) is 0 Å². The Morgan fingerprint density at radius 1 is 1.53 bits per heavy atom. The van der Waals surface area contributed by atoms with Crippen LogP contribution in [0.5, 0.6) is 0 Å². The van der Waals surface area contributed by atoms with Crippen molar-refractivity contribution in [3.05, 3.63) is 33.3 Å². The second-order valence-corrected chi connectivity index (χ2v) is 4.43. The van der Waals surface area contributed by atoms with Crippen LogP contribution < -0.4 is 5.32 Å². The Hall–Kier alpha value is -0.870. The van der Waals surface area contributed by atoms with E-state index >= 15 is 0 Å². The van der Waals surface area contributed by atoms with Crippen molar-refractivity contribution in [3.63, 3.8) is 0 Å². The van der Waals surface area contributed by atoms with E-state index in [2.05, 4.69) is 21.2 Å². The van der Waals surface area contributed by atoms with E-state index in [1.54, 1.807) is 0 Å². The van der Waals surface area contributed by atoms with Gasteiger partial charge in [-0.1, -0.05) is 15.9 Å². The van der Waals surface area contributed by atoms with Crippen LogP contribution in [0.4, 0.5) is 0 Å². The zero-order valence-corrected chi connectivity index (χ0v) is 10.1. The predicted molar refractivity (Wildman–Crippen MR) is 60.9 cm³/mol. The molecule has 1 aromatic carbocycles. The van der Waals surface area contributed by atoms with E-state index in [1.807, 2.05) is 12.1 Å². The Kier molecular flexibility index (Phi) is 3.07. The van der Waals surface area contributed by atoms with Crippen LogP contribution >= 0.6 is 15.9 Å². The molecule has 1 heterocycles. The highest BCUT2D eigenvalue weighted by Crippen LogP contribution is 2.24. The van der Waals surface area contributed by atoms with Gasteiger partial charge in [0.1, 0.15) is 0 Å². The molecule has 0 aliphatic carbocycles. The number of rotatable bonds is 1. The topological polar surface area (TPSA) is 38.3 Å². The van der Waals surface area contributed by atoms with E-state index in [0.717, 1.165) is 29.5 Å². The Morgan fingerprint density at radius 2 is 2.33 bits per heavy atom. The van der Waals surface area contributed by atoms with Crippen LogP contribution in [-0.2, 0) is 17.7 Å². The third-order valence-electron chi connectivity index (χ3n) is 2.58. The average Bonchev–Trinajstić information content (AvgIpc) is 2.26. The predicted octanol–water partition coefficient (Wildman–Crippen LogP) is 1.88. The lowest BCUT2D eigenvalue weighted by Gasteiger charge is -2.19. The third kappa shape index (κ3) is 2.06. The lowest BCUT2D eigenvalue weighted by molar-refractivity contribution is 0.0599. The number of methoxy groups -OCH3 is 1. The Balaban J connectivity index is 2.52. The number of nitrogens with one attached hydrogen (secondary N) is 1. The maximum atomic E-state index is 11.6. The minimum atomic E-state index is -0.255. The van der Waals surface area contributed by atoms with Gasteiger partial charge >= 0.3 is 5.97 Å². The molecule has 3 nitrogen and oxygen atoms in total. The second kappa shape index (κ2) is 4.33. The number of halogens is 1. The number of ether oxygens (including phenoxy) is 1. The minimum absolute atomic E-state index is 0.255. The summed E-state index contributed by atoms with van der Waals surface area (Å²) in [4.78, 5) is 11.6. The summed E-state index contributed by atoms with van der Waals surface area (Å²) in [6, 6.07) is 3.88. The van der Waals surface area contributed by atoms with E-state index in [0.29, 0.717) is 5.56 Å². The highest BCUT2D eigenvalue weighted by Gasteiger charge is 2.18. The van der Waals surface area contributed by atoms with Crippen LogP contribution in [0, 0.1) is 0 Å². The van der Waals surface area contributed by atoms with Crippen LogP contribution in [0.25, 0.3) is 0 Å². The lowest BCUT2D eigenvalue weighted by Crippen LogP contribution is -2.25. The molecule has 0 atom stereocenters. The summed E-state index contributed by atoms with van der Waals surface area (Å²) < 4.78 is 5.70. The smallest absolute Gasteiger partial charge is 0.338 e. The first-order chi connectivity index (χ1) is 7.22. The van der Waals surface area contributed by atoms with Crippen molar-refractivity contribution in [2.24, 2.45) is 0 Å². The van der Waals surface area contributed by atoms with Gasteiger partial charge in [0, 0.05) is 11.0 Å². The molecule has 0 saturated heterocycles. The van der Waals surface area contributed by atoms with Gasteiger partial charge in [-0.05, 0) is 36.2 Å². The lowest BCUT2D eigenvalue weighted by atomic mass is 9.95. The Bertz CT molecular complexity index is 404. The van der Waals surface area contributed by atoms with E-state index in [1.165, 1.54) is 12.7 Å². The van der Waals surface area contributed by atoms with Crippen LogP contribution in [0.3, 0.4) is 0 Å². The number of hydrogen-bond acceptors (Lipinski definition) is 3. The fourth-order valence-electron chi connectivity index (χ4n) is 1.87. The molecule has 0 amide bonds. The summed E-state index contributed by atoms with van der Waals surface area (Å²) in [5.74, 6) is -0.255. The molecule has 0 fully saturated rings. The van der Waals surface area contributed by atoms with Crippen molar-refractivity contribution in [1.29, 1.82) is 0 Å². The summed E-state index contributed by atoms with van der Waals surface area (Å²) >= 11 is 3.40. The standard InChI is InChI=1S/C11H12BrNO2/c1-15-11(14)10-5-8(12)4-7-6-13-3-2-9(7)10/h4-5,13H,2-3,6H2,1H3. The van der Waals surface area contributed by atoms with E-state index in [4.69, 9.17) is 4.74 Å². The van der Waals surface area contributed by atoms with Crippen molar-refractivity contribution in [2.75, 3.05) is 13.7 Å². The molecule has 1 aliphatic heterocycles. The molecule has 80 valence electrons. The maximum Gasteiger partial charge on any atom is 0.338 e. The Labute approximate surface area is 96.9 Å². The molecule has 0 radical (unpaired) electrons. The van der Waals surface area contributed by atoms with Crippen LogP contribution in [-0.4, -0.2) is 19.6 Å². The molecule has 0 bridgehead atoms. The summed E-state index contributed by atoms with van der Waals surface area (Å²) in [6.45, 7) is 1.73. The van der Waals surface area contributed by atoms with Gasteiger partial charge in [-0.15, -0.1) is 0 Å². The normalized spacial score (nSPS) is 14.5. The van der Waals surface area contributed by atoms with Gasteiger partial charge in [-0.3, -0.25) is 0 Å². The Morgan fingerprint density at radius 3 is 3.07 bits per heavy atom. The van der Waals surface area contributed by atoms with E-state index in [9.17, 15) is 4.79 Å². The van der Waals surface area contributed by atoms with E-state index in [-0.39, 0.29) is 5.97 Å². The summed E-state index contributed by atoms with van der Waals surface area (Å²) in [7, 11) is 1.41. The number of hydrogen-bond donors (Lipinski definition) is 1. The van der Waals surface area contributed by atoms with Gasteiger partial charge in [-0.2, -0.15) is 0 Å². The second-order valence-electron chi connectivity index (χ2n) is 3.51. The van der Waals surface area contributed by atoms with Crippen molar-refractivity contribution in [1.82, 2.24) is 5.32 Å². The number of esters is 1. The van der Waals surface area contributed by atoms with Gasteiger partial charge < -0.3 is 10.1 Å². The molecular formula is C11H12BrNO2. The molecule has 1 N–H and O–H groups in total. The van der Waals surface area contributed by atoms with Gasteiger partial charge in [0.25, 0.3) is 0 Å². The minimum Gasteiger partial charge on any atom is -0.465 e. The number of benzene rings is 1. The van der Waals surface area contributed by atoms with Crippen LogP contribution in [0.15, 0.2) is 16.6 Å². The quantitative estimate of drug-likeness (QED) is 0.792. The molecule has 0 aromatic heterocycles. The monoisotopic (exact) mass is 269 g/mol. The first-order valence-corrected chi connectivity index (χ1v) is 5.62. The summed E-state index contributed by atoms with van der Waals surface area (Å²) in [6.07, 6.45) is 0.882. The number of carbonyl (C=O) groups excluding carboxylic acids is 1. The molecular weight excluding hydrogens is 258 g/mol. The summed E-state index contributed by atoms with van der Waals surface area (Å²) in [5.41, 5.74) is 2.98. The molecule has 0 unspecified atom stereocenters. The van der Waals surface area contributed by atoms with Gasteiger partial charge in [-0.25, -0.2) is 4.79 Å². The first kappa shape index (κ1) is 10.6. The van der Waals surface area contributed by atoms with Gasteiger partial charge in [0.2, 0.25) is 0 Å². The number of carbonyl (C=O) groups is 1. The molecule has 15 heavy (non-hydrogen) atoms. The average molecular weight is 270 g/mol. The summed E-state index contributed by atoms with van der Waals surface area (Å²) in [5, 5.41) is 3.28. The highest BCUT2D eigenvalue weighted by atomic mass is 79.9. The molecule has 0 saturated carbocycles. The number of fused-ring (bicyclic) bond motifs is 1. The molecule has 1 aromatic rings. The van der Waals surface area contributed by atoms with Gasteiger partial charge in [0.05, 0.1) is 12.7 Å². The first-order valence-electron chi connectivity index (χ1n) is 4.82. The fraction of sp³-hybridized carbons (Fsp3) is 0.364. The van der Waals surface area contributed by atoms with E-state index < -0.39 is 0 Å². The van der Waals surface area contributed by atoms with Crippen molar-refractivity contribution < 1.29 is 9.53 Å². The molecule has 4 heteroatoms. The molecule has 2 rings (SSSR count). The van der Waals surface area contributed by atoms with Crippen molar-refractivity contribution >= 4 is 21.9 Å². The fourth-order valence-corrected chi connectivity index (χ4v) is 2.38. The molecule has 0 spiro atoms. The third-order valence-corrected chi connectivity index (χ3v) is 3.04. The maximum absolute atomic E-state index is 11.6.